The van der Waals surface area contributed by atoms with Crippen LogP contribution in [0.3, 0.4) is 0 Å². The van der Waals surface area contributed by atoms with Crippen LogP contribution < -0.4 is 5.14 Å². The van der Waals surface area contributed by atoms with E-state index in [-0.39, 0.29) is 11.7 Å². The van der Waals surface area contributed by atoms with Gasteiger partial charge in [-0.05, 0) is 25.2 Å². The van der Waals surface area contributed by atoms with Gasteiger partial charge < -0.3 is 0 Å². The molecule has 2 aliphatic carbocycles. The van der Waals surface area contributed by atoms with E-state index in [1.54, 1.807) is 0 Å². The van der Waals surface area contributed by atoms with Crippen LogP contribution in [0.4, 0.5) is 0 Å². The van der Waals surface area contributed by atoms with Crippen LogP contribution in [-0.4, -0.2) is 18.9 Å². The first kappa shape index (κ1) is 8.19. The van der Waals surface area contributed by atoms with Crippen LogP contribution in [0.1, 0.15) is 25.7 Å². The number of Topliss-reactive ketones (excluding diaryl/α,β-unsaturated/α-hetero) is 1. The molecule has 0 aromatic rings. The van der Waals surface area contributed by atoms with Crippen molar-refractivity contribution in [1.29, 1.82) is 0 Å². The van der Waals surface area contributed by atoms with Gasteiger partial charge in [-0.15, -0.1) is 0 Å². The maximum atomic E-state index is 11.3. The smallest absolute Gasteiger partial charge is 0.222 e. The Hall–Kier alpha value is -0.420. The van der Waals surface area contributed by atoms with Gasteiger partial charge in [0.15, 0.2) is 5.78 Å². The molecule has 2 rings (SSSR count). The van der Waals surface area contributed by atoms with Crippen LogP contribution in [-0.2, 0) is 14.8 Å². The van der Waals surface area contributed by atoms with Crippen LogP contribution in [0.2, 0.25) is 0 Å². The lowest BCUT2D eigenvalue weighted by Crippen LogP contribution is -2.45. The number of nitrogens with two attached hydrogens (primary N) is 1. The SMILES string of the molecule is NS(=O)(=O)[C@]12CC[C@@H](CC1=O)C2. The van der Waals surface area contributed by atoms with E-state index in [2.05, 4.69) is 0 Å². The van der Waals surface area contributed by atoms with E-state index >= 15 is 0 Å². The molecule has 2 N–H and O–H groups in total. The zero-order valence-corrected chi connectivity index (χ0v) is 7.43. The highest BCUT2D eigenvalue weighted by Gasteiger charge is 2.58. The van der Waals surface area contributed by atoms with Gasteiger partial charge >= 0.3 is 0 Å². The number of primary sulfonamides is 1. The number of ketones is 1. The van der Waals surface area contributed by atoms with Crippen LogP contribution in [0.15, 0.2) is 0 Å². The minimum atomic E-state index is -3.67. The fraction of sp³-hybridized carbons (Fsp3) is 0.857. The molecule has 2 aliphatic rings. The number of sulfonamides is 1. The van der Waals surface area contributed by atoms with E-state index in [0.717, 1.165) is 6.42 Å². The minimum Gasteiger partial charge on any atom is -0.298 e. The predicted octanol–water partition coefficient (Wildman–Crippen LogP) is -0.213. The van der Waals surface area contributed by atoms with Crippen LogP contribution >= 0.6 is 0 Å². The summed E-state index contributed by atoms with van der Waals surface area (Å²) in [5.74, 6) is 0.108. The molecule has 0 aliphatic heterocycles. The average Bonchev–Trinajstić information content (AvgIpc) is 2.41. The Bertz CT molecular complexity index is 335. The molecular formula is C7H11NO3S. The van der Waals surface area contributed by atoms with Gasteiger partial charge in [-0.3, -0.25) is 4.79 Å². The van der Waals surface area contributed by atoms with E-state index in [0.29, 0.717) is 19.3 Å². The largest absolute Gasteiger partial charge is 0.298 e. The second-order valence-electron chi connectivity index (χ2n) is 3.78. The summed E-state index contributed by atoms with van der Waals surface area (Å²) in [4.78, 5) is 11.3. The summed E-state index contributed by atoms with van der Waals surface area (Å²) in [7, 11) is -3.67. The zero-order chi connectivity index (χ0) is 8.98. The molecule has 0 aromatic heterocycles. The maximum Gasteiger partial charge on any atom is 0.222 e. The van der Waals surface area contributed by atoms with Crippen molar-refractivity contribution in [2.75, 3.05) is 0 Å². The Labute approximate surface area is 71.2 Å². The molecule has 0 radical (unpaired) electrons. The summed E-state index contributed by atoms with van der Waals surface area (Å²) >= 11 is 0. The molecule has 2 bridgehead atoms. The number of hydrogen-bond donors (Lipinski definition) is 1. The maximum absolute atomic E-state index is 11.3. The Morgan fingerprint density at radius 3 is 2.42 bits per heavy atom. The monoisotopic (exact) mass is 189 g/mol. The first-order chi connectivity index (χ1) is 5.46. The van der Waals surface area contributed by atoms with Crippen molar-refractivity contribution in [2.24, 2.45) is 11.1 Å². The molecule has 68 valence electrons. The summed E-state index contributed by atoms with van der Waals surface area (Å²) in [5, 5.41) is 5.05. The highest BCUT2D eigenvalue weighted by Crippen LogP contribution is 2.48. The van der Waals surface area contributed by atoms with Crippen molar-refractivity contribution in [3.05, 3.63) is 0 Å². The van der Waals surface area contributed by atoms with Crippen LogP contribution in [0.25, 0.3) is 0 Å². The van der Waals surface area contributed by atoms with Crippen molar-refractivity contribution >= 4 is 15.8 Å². The third-order valence-corrected chi connectivity index (χ3v) is 4.79. The Kier molecular flexibility index (Phi) is 1.42. The van der Waals surface area contributed by atoms with Gasteiger partial charge in [-0.25, -0.2) is 13.6 Å². The molecule has 0 amide bonds. The first-order valence-corrected chi connectivity index (χ1v) is 5.56. The first-order valence-electron chi connectivity index (χ1n) is 4.01. The highest BCUT2D eigenvalue weighted by atomic mass is 32.2. The number of carbonyl (C=O) groups excluding carboxylic acids is 1. The number of carbonyl (C=O) groups is 1. The summed E-state index contributed by atoms with van der Waals surface area (Å²) in [6, 6.07) is 0. The summed E-state index contributed by atoms with van der Waals surface area (Å²) < 4.78 is 21.2. The molecule has 4 nitrogen and oxygen atoms in total. The van der Waals surface area contributed by atoms with Gasteiger partial charge in [-0.2, -0.15) is 0 Å². The van der Waals surface area contributed by atoms with E-state index < -0.39 is 14.8 Å². The van der Waals surface area contributed by atoms with Gasteiger partial charge in [0.05, 0.1) is 0 Å². The van der Waals surface area contributed by atoms with Crippen molar-refractivity contribution in [3.8, 4) is 0 Å². The average molecular weight is 189 g/mol. The standard InChI is InChI=1S/C7H11NO3S/c8-12(10,11)7-2-1-5(4-7)3-6(7)9/h5H,1-4H2,(H2,8,10,11)/t5-,7-/m0/s1. The molecule has 5 heteroatoms. The molecule has 0 unspecified atom stereocenters. The van der Waals surface area contributed by atoms with Gasteiger partial charge in [0.25, 0.3) is 0 Å². The quantitative estimate of drug-likeness (QED) is 0.619. The van der Waals surface area contributed by atoms with Gasteiger partial charge in [-0.1, -0.05) is 0 Å². The van der Waals surface area contributed by atoms with Gasteiger partial charge in [0.1, 0.15) is 4.75 Å². The highest BCUT2D eigenvalue weighted by molar-refractivity contribution is 7.91. The second-order valence-corrected chi connectivity index (χ2v) is 5.65. The summed E-state index contributed by atoms with van der Waals surface area (Å²) in [6.45, 7) is 0. The Balaban J connectivity index is 2.50. The van der Waals surface area contributed by atoms with E-state index in [1.807, 2.05) is 0 Å². The lowest BCUT2D eigenvalue weighted by molar-refractivity contribution is -0.120. The molecule has 0 heterocycles. The van der Waals surface area contributed by atoms with E-state index in [9.17, 15) is 13.2 Å². The fourth-order valence-corrected chi connectivity index (χ4v) is 3.67. The van der Waals surface area contributed by atoms with Crippen molar-refractivity contribution in [1.82, 2.24) is 0 Å². The van der Waals surface area contributed by atoms with Crippen LogP contribution in [0.5, 0.6) is 0 Å². The lowest BCUT2D eigenvalue weighted by atomic mass is 9.99. The molecule has 0 aromatic carbocycles. The summed E-state index contributed by atoms with van der Waals surface area (Å²) in [5.41, 5.74) is 0. The van der Waals surface area contributed by atoms with Crippen molar-refractivity contribution in [3.63, 3.8) is 0 Å². The zero-order valence-electron chi connectivity index (χ0n) is 6.62. The molecule has 12 heavy (non-hydrogen) atoms. The lowest BCUT2D eigenvalue weighted by Gasteiger charge is -2.21. The van der Waals surface area contributed by atoms with Crippen LogP contribution in [0, 0.1) is 5.92 Å². The Morgan fingerprint density at radius 1 is 1.50 bits per heavy atom. The van der Waals surface area contributed by atoms with Gasteiger partial charge in [0, 0.05) is 6.42 Å². The number of rotatable bonds is 1. The van der Waals surface area contributed by atoms with E-state index in [4.69, 9.17) is 5.14 Å². The fourth-order valence-electron chi connectivity index (χ4n) is 2.40. The molecule has 0 spiro atoms. The minimum absolute atomic E-state index is 0.166. The predicted molar refractivity (Wildman–Crippen MR) is 42.8 cm³/mol. The van der Waals surface area contributed by atoms with Gasteiger partial charge in [0.2, 0.25) is 10.0 Å². The summed E-state index contributed by atoms with van der Waals surface area (Å²) in [6.07, 6.45) is 2.15. The topological polar surface area (TPSA) is 77.2 Å². The normalized spacial score (nSPS) is 40.8. The van der Waals surface area contributed by atoms with Crippen molar-refractivity contribution < 1.29 is 13.2 Å². The van der Waals surface area contributed by atoms with Crippen molar-refractivity contribution in [2.45, 2.75) is 30.4 Å². The molecule has 0 saturated heterocycles. The molecule has 2 fully saturated rings. The third kappa shape index (κ3) is 0.806. The number of fused-ring (bicyclic) bond motifs is 2. The molecule has 2 saturated carbocycles. The molecule has 2 atom stereocenters. The van der Waals surface area contributed by atoms with E-state index in [1.165, 1.54) is 0 Å². The number of hydrogen-bond acceptors (Lipinski definition) is 3. The Morgan fingerprint density at radius 2 is 2.17 bits per heavy atom. The third-order valence-electron chi connectivity index (χ3n) is 3.10. The second kappa shape index (κ2) is 2.09. The molecular weight excluding hydrogens is 178 g/mol.